The summed E-state index contributed by atoms with van der Waals surface area (Å²) in [5.41, 5.74) is 0.504. The molecular formula is C16H23N5O3S. The fraction of sp³-hybridized carbons (Fsp3) is 0.438. The first-order valence-corrected chi connectivity index (χ1v) is 8.73. The molecule has 0 fully saturated rings. The molecule has 9 heteroatoms. The van der Waals surface area contributed by atoms with Crippen LogP contribution in [-0.2, 0) is 0 Å². The number of nitrogens with one attached hydrogen (secondary N) is 2. The van der Waals surface area contributed by atoms with Gasteiger partial charge in [-0.15, -0.1) is 10.2 Å². The van der Waals surface area contributed by atoms with Gasteiger partial charge in [0.15, 0.2) is 0 Å². The Morgan fingerprint density at radius 3 is 2.72 bits per heavy atom. The topological polar surface area (TPSA) is 88.6 Å². The molecule has 0 bridgehead atoms. The van der Waals surface area contributed by atoms with Crippen LogP contribution in [0.4, 0.5) is 20.7 Å². The van der Waals surface area contributed by atoms with Crippen LogP contribution in [0.25, 0.3) is 0 Å². The number of amides is 2. The molecule has 0 aliphatic carbocycles. The molecule has 1 aromatic carbocycles. The van der Waals surface area contributed by atoms with Gasteiger partial charge >= 0.3 is 6.03 Å². The highest BCUT2D eigenvalue weighted by Crippen LogP contribution is 2.29. The van der Waals surface area contributed by atoms with Gasteiger partial charge in [-0.1, -0.05) is 24.7 Å². The van der Waals surface area contributed by atoms with Crippen LogP contribution in [0, 0.1) is 0 Å². The lowest BCUT2D eigenvalue weighted by Crippen LogP contribution is -2.19. The second-order valence-electron chi connectivity index (χ2n) is 5.31. The number of unbranched alkanes of at least 4 members (excludes halogenated alkanes) is 1. The lowest BCUT2D eigenvalue weighted by Gasteiger charge is -2.13. The number of nitrogens with zero attached hydrogens (tertiary/aromatic N) is 3. The van der Waals surface area contributed by atoms with Crippen molar-refractivity contribution >= 4 is 33.3 Å². The first-order chi connectivity index (χ1) is 12.1. The Hall–Kier alpha value is -2.55. The Kier molecular flexibility index (Phi) is 6.81. The zero-order chi connectivity index (χ0) is 18.2. The van der Waals surface area contributed by atoms with E-state index in [1.54, 1.807) is 25.3 Å². The lowest BCUT2D eigenvalue weighted by molar-refractivity contribution is 0.262. The summed E-state index contributed by atoms with van der Waals surface area (Å²) in [5.74, 6) is 1.15. The van der Waals surface area contributed by atoms with Gasteiger partial charge in [0.2, 0.25) is 10.3 Å². The van der Waals surface area contributed by atoms with Crippen LogP contribution in [0.2, 0.25) is 0 Å². The third-order valence-electron chi connectivity index (χ3n) is 3.46. The summed E-state index contributed by atoms with van der Waals surface area (Å²) in [7, 11) is 5.05. The predicted octanol–water partition coefficient (Wildman–Crippen LogP) is 3.44. The molecule has 2 amide bonds. The second kappa shape index (κ2) is 9.07. The molecule has 136 valence electrons. The Labute approximate surface area is 151 Å². The number of ether oxygens (including phenoxy) is 2. The fourth-order valence-corrected chi connectivity index (χ4v) is 2.80. The average molecular weight is 365 g/mol. The number of hydrogen-bond donors (Lipinski definition) is 2. The van der Waals surface area contributed by atoms with E-state index >= 15 is 0 Å². The predicted molar refractivity (Wildman–Crippen MR) is 100 cm³/mol. The number of anilines is 3. The Morgan fingerprint density at radius 1 is 1.24 bits per heavy atom. The summed E-state index contributed by atoms with van der Waals surface area (Å²) >= 11 is 1.32. The van der Waals surface area contributed by atoms with Crippen molar-refractivity contribution in [3.8, 4) is 11.5 Å². The van der Waals surface area contributed by atoms with Gasteiger partial charge in [0.05, 0.1) is 19.9 Å². The minimum atomic E-state index is -0.425. The smallest absolute Gasteiger partial charge is 0.325 e. The molecule has 25 heavy (non-hydrogen) atoms. The van der Waals surface area contributed by atoms with Gasteiger partial charge in [0.25, 0.3) is 0 Å². The monoisotopic (exact) mass is 365 g/mol. The van der Waals surface area contributed by atoms with Crippen LogP contribution in [0.5, 0.6) is 11.5 Å². The summed E-state index contributed by atoms with van der Waals surface area (Å²) in [4.78, 5) is 14.2. The van der Waals surface area contributed by atoms with Crippen molar-refractivity contribution in [3.63, 3.8) is 0 Å². The van der Waals surface area contributed by atoms with E-state index in [9.17, 15) is 4.79 Å². The van der Waals surface area contributed by atoms with Gasteiger partial charge < -0.3 is 19.7 Å². The van der Waals surface area contributed by atoms with E-state index in [1.165, 1.54) is 18.4 Å². The Bertz CT molecular complexity index is 707. The molecule has 2 aromatic rings. The van der Waals surface area contributed by atoms with E-state index in [0.717, 1.165) is 24.5 Å². The van der Waals surface area contributed by atoms with E-state index in [1.807, 2.05) is 11.9 Å². The number of aromatic nitrogens is 2. The van der Waals surface area contributed by atoms with Gasteiger partial charge in [-0.3, -0.25) is 5.32 Å². The minimum absolute atomic E-state index is 0.425. The number of hydrogen-bond acceptors (Lipinski definition) is 7. The maximum absolute atomic E-state index is 12.2. The first kappa shape index (κ1) is 18.8. The molecule has 0 aliphatic heterocycles. The highest BCUT2D eigenvalue weighted by molar-refractivity contribution is 7.19. The average Bonchev–Trinajstić information content (AvgIpc) is 3.07. The summed E-state index contributed by atoms with van der Waals surface area (Å²) in [6.07, 6.45) is 2.19. The maximum Gasteiger partial charge on any atom is 0.325 e. The first-order valence-electron chi connectivity index (χ1n) is 7.92. The number of methoxy groups -OCH3 is 2. The molecule has 0 spiro atoms. The third kappa shape index (κ3) is 5.21. The SMILES string of the molecule is CCCCN(C)c1nnc(NC(=O)Nc2cc(OC)ccc2OC)s1. The van der Waals surface area contributed by atoms with Crippen molar-refractivity contribution in [3.05, 3.63) is 18.2 Å². The summed E-state index contributed by atoms with van der Waals surface area (Å²) in [6.45, 7) is 3.04. The van der Waals surface area contributed by atoms with Crippen LogP contribution < -0.4 is 25.0 Å². The molecule has 0 aliphatic rings. The molecule has 2 N–H and O–H groups in total. The van der Waals surface area contributed by atoms with Gasteiger partial charge in [-0.25, -0.2) is 4.79 Å². The van der Waals surface area contributed by atoms with Crippen LogP contribution in [-0.4, -0.2) is 44.0 Å². The summed E-state index contributed by atoms with van der Waals surface area (Å²) in [6, 6.07) is 4.73. The highest BCUT2D eigenvalue weighted by Gasteiger charge is 2.13. The zero-order valence-electron chi connectivity index (χ0n) is 14.8. The molecule has 2 rings (SSSR count). The highest BCUT2D eigenvalue weighted by atomic mass is 32.1. The van der Waals surface area contributed by atoms with Crippen LogP contribution in [0.15, 0.2) is 18.2 Å². The molecule has 8 nitrogen and oxygen atoms in total. The van der Waals surface area contributed by atoms with Crippen molar-refractivity contribution < 1.29 is 14.3 Å². The number of carbonyl (C=O) groups excluding carboxylic acids is 1. The van der Waals surface area contributed by atoms with Crippen LogP contribution in [0.1, 0.15) is 19.8 Å². The molecule has 0 saturated carbocycles. The minimum Gasteiger partial charge on any atom is -0.497 e. The fourth-order valence-electron chi connectivity index (χ4n) is 2.07. The normalized spacial score (nSPS) is 10.2. The molecule has 0 unspecified atom stereocenters. The molecule has 0 saturated heterocycles. The number of benzene rings is 1. The van der Waals surface area contributed by atoms with E-state index in [4.69, 9.17) is 9.47 Å². The molecular weight excluding hydrogens is 342 g/mol. The molecule has 1 aromatic heterocycles. The van der Waals surface area contributed by atoms with Crippen molar-refractivity contribution in [2.24, 2.45) is 0 Å². The Balaban J connectivity index is 2.00. The van der Waals surface area contributed by atoms with Gasteiger partial charge in [0, 0.05) is 19.7 Å². The number of urea groups is 1. The van der Waals surface area contributed by atoms with Crippen molar-refractivity contribution in [2.75, 3.05) is 43.3 Å². The summed E-state index contributed by atoms with van der Waals surface area (Å²) < 4.78 is 10.4. The van der Waals surface area contributed by atoms with Crippen LogP contribution >= 0.6 is 11.3 Å². The number of rotatable bonds is 8. The quantitative estimate of drug-likeness (QED) is 0.745. The van der Waals surface area contributed by atoms with E-state index < -0.39 is 6.03 Å². The van der Waals surface area contributed by atoms with Crippen LogP contribution in [0.3, 0.4) is 0 Å². The molecule has 0 radical (unpaired) electrons. The standard InChI is InChI=1S/C16H23N5O3S/c1-5-6-9-21(2)16-20-19-15(25-16)18-14(22)17-12-10-11(23-3)7-8-13(12)24-4/h7-8,10H,5-6,9H2,1-4H3,(H2,17,18,19,22). The Morgan fingerprint density at radius 2 is 2.04 bits per heavy atom. The zero-order valence-corrected chi connectivity index (χ0v) is 15.6. The lowest BCUT2D eigenvalue weighted by atomic mass is 10.2. The third-order valence-corrected chi connectivity index (χ3v) is 4.42. The van der Waals surface area contributed by atoms with E-state index in [2.05, 4.69) is 27.8 Å². The van der Waals surface area contributed by atoms with Gasteiger partial charge in [0.1, 0.15) is 11.5 Å². The second-order valence-corrected chi connectivity index (χ2v) is 6.27. The largest absolute Gasteiger partial charge is 0.497 e. The summed E-state index contributed by atoms with van der Waals surface area (Å²) in [5, 5.41) is 14.7. The van der Waals surface area contributed by atoms with Crippen molar-refractivity contribution in [2.45, 2.75) is 19.8 Å². The molecule has 1 heterocycles. The van der Waals surface area contributed by atoms with E-state index in [-0.39, 0.29) is 0 Å². The molecule has 0 atom stereocenters. The van der Waals surface area contributed by atoms with E-state index in [0.29, 0.717) is 22.3 Å². The van der Waals surface area contributed by atoms with Crippen molar-refractivity contribution in [1.29, 1.82) is 0 Å². The van der Waals surface area contributed by atoms with Gasteiger partial charge in [-0.2, -0.15) is 0 Å². The number of carbonyl (C=O) groups is 1. The van der Waals surface area contributed by atoms with Crippen molar-refractivity contribution in [1.82, 2.24) is 10.2 Å². The van der Waals surface area contributed by atoms with Gasteiger partial charge in [-0.05, 0) is 18.6 Å². The maximum atomic E-state index is 12.2.